The van der Waals surface area contributed by atoms with Crippen molar-refractivity contribution in [1.29, 1.82) is 0 Å². The van der Waals surface area contributed by atoms with Crippen LogP contribution in [0.25, 0.3) is 5.57 Å². The van der Waals surface area contributed by atoms with Gasteiger partial charge in [-0.05, 0) is 79.4 Å². The molecular weight excluding hydrogens is 348 g/mol. The first-order valence-corrected chi connectivity index (χ1v) is 13.1. The third kappa shape index (κ3) is 7.62. The van der Waals surface area contributed by atoms with Crippen LogP contribution in [-0.4, -0.2) is 0 Å². The van der Waals surface area contributed by atoms with Crippen molar-refractivity contribution in [2.24, 2.45) is 11.8 Å². The molecule has 29 heavy (non-hydrogen) atoms. The average Bonchev–Trinajstić information content (AvgIpc) is 2.77. The van der Waals surface area contributed by atoms with E-state index in [0.29, 0.717) is 0 Å². The first kappa shape index (κ1) is 22.6. The van der Waals surface area contributed by atoms with Crippen LogP contribution in [0.15, 0.2) is 30.3 Å². The minimum Gasteiger partial charge on any atom is -0.0805 e. The molecule has 0 heteroatoms. The molecule has 0 aliphatic heterocycles. The molecule has 0 nitrogen and oxygen atoms in total. The Morgan fingerprint density at radius 3 is 2.03 bits per heavy atom. The minimum absolute atomic E-state index is 0.819. The molecule has 1 atom stereocenters. The summed E-state index contributed by atoms with van der Waals surface area (Å²) in [7, 11) is 0. The van der Waals surface area contributed by atoms with Gasteiger partial charge in [0.05, 0.1) is 0 Å². The van der Waals surface area contributed by atoms with Crippen LogP contribution in [0, 0.1) is 11.8 Å². The molecule has 0 heterocycles. The van der Waals surface area contributed by atoms with Gasteiger partial charge >= 0.3 is 0 Å². The van der Waals surface area contributed by atoms with Crippen LogP contribution in [0.3, 0.4) is 0 Å². The molecule has 0 radical (unpaired) electrons. The summed E-state index contributed by atoms with van der Waals surface area (Å²) in [6.07, 6.45) is 25.3. The number of benzene rings is 1. The fraction of sp³-hybridized carbons (Fsp3) is 0.724. The molecule has 2 aliphatic rings. The Labute approximate surface area is 181 Å². The largest absolute Gasteiger partial charge is 0.0805 e. The van der Waals surface area contributed by atoms with E-state index in [2.05, 4.69) is 44.2 Å². The normalized spacial score (nSPS) is 25.0. The van der Waals surface area contributed by atoms with Gasteiger partial charge in [0.2, 0.25) is 0 Å². The van der Waals surface area contributed by atoms with Gasteiger partial charge in [0.15, 0.2) is 0 Å². The van der Waals surface area contributed by atoms with E-state index in [4.69, 9.17) is 0 Å². The molecule has 0 N–H and O–H groups in total. The second-order valence-electron chi connectivity index (χ2n) is 10.2. The third-order valence-corrected chi connectivity index (χ3v) is 7.74. The van der Waals surface area contributed by atoms with Crippen molar-refractivity contribution in [3.05, 3.63) is 41.5 Å². The fourth-order valence-electron chi connectivity index (χ4n) is 5.55. The molecular formula is C29H46. The van der Waals surface area contributed by atoms with Crippen molar-refractivity contribution in [1.82, 2.24) is 0 Å². The van der Waals surface area contributed by atoms with Crippen molar-refractivity contribution < 1.29 is 0 Å². The van der Waals surface area contributed by atoms with Gasteiger partial charge in [-0.1, -0.05) is 102 Å². The topological polar surface area (TPSA) is 0 Å². The van der Waals surface area contributed by atoms with Crippen LogP contribution in [0.5, 0.6) is 0 Å². The van der Waals surface area contributed by atoms with Gasteiger partial charge in [0.1, 0.15) is 0 Å². The van der Waals surface area contributed by atoms with E-state index in [-0.39, 0.29) is 0 Å². The maximum atomic E-state index is 2.49. The molecule has 0 aromatic heterocycles. The summed E-state index contributed by atoms with van der Waals surface area (Å²) in [6, 6.07) is 9.70. The Morgan fingerprint density at radius 2 is 1.41 bits per heavy atom. The third-order valence-electron chi connectivity index (χ3n) is 7.74. The number of hydrogen-bond donors (Lipinski definition) is 0. The lowest BCUT2D eigenvalue weighted by molar-refractivity contribution is 0.301. The molecule has 3 rings (SSSR count). The smallest absolute Gasteiger partial charge is 0.0162 e. The van der Waals surface area contributed by atoms with E-state index in [1.165, 1.54) is 108 Å². The molecule has 0 amide bonds. The van der Waals surface area contributed by atoms with Crippen LogP contribution in [0.4, 0.5) is 0 Å². The van der Waals surface area contributed by atoms with Crippen molar-refractivity contribution in [2.45, 2.75) is 122 Å². The van der Waals surface area contributed by atoms with Gasteiger partial charge in [-0.25, -0.2) is 0 Å². The van der Waals surface area contributed by atoms with E-state index in [0.717, 1.165) is 17.8 Å². The van der Waals surface area contributed by atoms with Crippen LogP contribution >= 0.6 is 0 Å². The van der Waals surface area contributed by atoms with E-state index < -0.39 is 0 Å². The molecule has 162 valence electrons. The number of allylic oxidation sites excluding steroid dienone is 2. The highest BCUT2D eigenvalue weighted by molar-refractivity contribution is 5.66. The van der Waals surface area contributed by atoms with Gasteiger partial charge < -0.3 is 0 Å². The lowest BCUT2D eigenvalue weighted by Gasteiger charge is -2.29. The summed E-state index contributed by atoms with van der Waals surface area (Å²) in [4.78, 5) is 0. The highest BCUT2D eigenvalue weighted by Gasteiger charge is 2.22. The highest BCUT2D eigenvalue weighted by atomic mass is 14.3. The molecule has 1 saturated carbocycles. The van der Waals surface area contributed by atoms with E-state index in [9.17, 15) is 0 Å². The standard InChI is InChI=1S/C29H46/c1-3-4-5-6-7-8-9-10-11-25-14-18-27(19-15-25)29-22-20-28(21-23-29)26-16-12-24(2)13-17-26/h16,20-25,27H,3-15,17-19H2,1-2H3. The summed E-state index contributed by atoms with van der Waals surface area (Å²) >= 11 is 0. The Bertz CT molecular complexity index is 585. The Morgan fingerprint density at radius 1 is 0.759 bits per heavy atom. The highest BCUT2D eigenvalue weighted by Crippen LogP contribution is 2.38. The van der Waals surface area contributed by atoms with E-state index >= 15 is 0 Å². The number of unbranched alkanes of at least 4 members (excludes halogenated alkanes) is 7. The monoisotopic (exact) mass is 394 g/mol. The maximum absolute atomic E-state index is 2.49. The predicted octanol–water partition coefficient (Wildman–Crippen LogP) is 9.69. The number of rotatable bonds is 11. The average molecular weight is 395 g/mol. The van der Waals surface area contributed by atoms with Crippen molar-refractivity contribution in [3.8, 4) is 0 Å². The zero-order chi connectivity index (χ0) is 20.3. The van der Waals surface area contributed by atoms with Gasteiger partial charge in [0, 0.05) is 0 Å². The Hall–Kier alpha value is -1.04. The maximum Gasteiger partial charge on any atom is -0.0162 e. The summed E-state index contributed by atoms with van der Waals surface area (Å²) < 4.78 is 0. The van der Waals surface area contributed by atoms with Crippen LogP contribution in [0.2, 0.25) is 0 Å². The van der Waals surface area contributed by atoms with Crippen LogP contribution < -0.4 is 0 Å². The van der Waals surface area contributed by atoms with Crippen molar-refractivity contribution in [2.75, 3.05) is 0 Å². The fourth-order valence-corrected chi connectivity index (χ4v) is 5.55. The molecule has 0 bridgehead atoms. The molecule has 1 aromatic carbocycles. The van der Waals surface area contributed by atoms with Crippen molar-refractivity contribution >= 4 is 5.57 Å². The molecule has 0 saturated heterocycles. The molecule has 1 aromatic rings. The zero-order valence-corrected chi connectivity index (χ0v) is 19.4. The summed E-state index contributed by atoms with van der Waals surface area (Å²) in [5.74, 6) is 2.71. The summed E-state index contributed by atoms with van der Waals surface area (Å²) in [6.45, 7) is 4.68. The van der Waals surface area contributed by atoms with E-state index in [1.54, 1.807) is 11.1 Å². The molecule has 2 aliphatic carbocycles. The predicted molar refractivity (Wildman–Crippen MR) is 129 cm³/mol. The van der Waals surface area contributed by atoms with Crippen LogP contribution in [-0.2, 0) is 0 Å². The first-order chi connectivity index (χ1) is 14.3. The SMILES string of the molecule is CCCCCCCCCCC1CCC(c2ccc(C3=CCC(C)CC3)cc2)CC1. The van der Waals surface area contributed by atoms with Crippen molar-refractivity contribution in [3.63, 3.8) is 0 Å². The number of hydrogen-bond acceptors (Lipinski definition) is 0. The second kappa shape index (κ2) is 12.6. The lowest BCUT2D eigenvalue weighted by atomic mass is 9.76. The first-order valence-electron chi connectivity index (χ1n) is 13.1. The van der Waals surface area contributed by atoms with Gasteiger partial charge in [-0.3, -0.25) is 0 Å². The quantitative estimate of drug-likeness (QED) is 0.328. The molecule has 0 spiro atoms. The second-order valence-corrected chi connectivity index (χ2v) is 10.2. The Kier molecular flexibility index (Phi) is 9.84. The zero-order valence-electron chi connectivity index (χ0n) is 19.4. The summed E-state index contributed by atoms with van der Waals surface area (Å²) in [5.41, 5.74) is 4.66. The molecule has 1 unspecified atom stereocenters. The van der Waals surface area contributed by atoms with Crippen LogP contribution in [0.1, 0.15) is 134 Å². The lowest BCUT2D eigenvalue weighted by Crippen LogP contribution is -2.13. The van der Waals surface area contributed by atoms with Gasteiger partial charge in [0.25, 0.3) is 0 Å². The Balaban J connectivity index is 1.32. The van der Waals surface area contributed by atoms with E-state index in [1.807, 2.05) is 0 Å². The minimum atomic E-state index is 0.819. The molecule has 1 fully saturated rings. The van der Waals surface area contributed by atoms with Gasteiger partial charge in [-0.15, -0.1) is 0 Å². The van der Waals surface area contributed by atoms with Gasteiger partial charge in [-0.2, -0.15) is 0 Å². The summed E-state index contributed by atoms with van der Waals surface area (Å²) in [5, 5.41) is 0.